The molecule has 8 nitrogen and oxygen atoms in total. The van der Waals surface area contributed by atoms with Crippen LogP contribution in [0.15, 0.2) is 65.7 Å². The van der Waals surface area contributed by atoms with E-state index in [2.05, 4.69) is 60.9 Å². The van der Waals surface area contributed by atoms with Gasteiger partial charge in [-0.2, -0.15) is 0 Å². The summed E-state index contributed by atoms with van der Waals surface area (Å²) in [7, 11) is 3.37. The third-order valence-corrected chi connectivity index (χ3v) is 7.85. The molecule has 0 amide bonds. The van der Waals surface area contributed by atoms with Crippen molar-refractivity contribution in [1.82, 2.24) is 19.0 Å². The zero-order valence-electron chi connectivity index (χ0n) is 25.3. The summed E-state index contributed by atoms with van der Waals surface area (Å²) in [5.74, 6) is 0.677. The van der Waals surface area contributed by atoms with Crippen molar-refractivity contribution in [2.75, 3.05) is 45.0 Å². The van der Waals surface area contributed by atoms with Crippen molar-refractivity contribution in [3.8, 4) is 33.8 Å². The molecule has 0 radical (unpaired) electrons. The summed E-state index contributed by atoms with van der Waals surface area (Å²) in [5, 5.41) is 0. The summed E-state index contributed by atoms with van der Waals surface area (Å²) < 4.78 is 14.8. The van der Waals surface area contributed by atoms with Crippen molar-refractivity contribution in [3.63, 3.8) is 0 Å². The largest absolute Gasteiger partial charge is 0.465 e. The molecule has 1 aliphatic rings. The molecule has 0 atom stereocenters. The Balaban J connectivity index is 1.53. The molecule has 2 aromatic heterocycles. The van der Waals surface area contributed by atoms with Gasteiger partial charge in [0.15, 0.2) is 12.5 Å². The van der Waals surface area contributed by atoms with Gasteiger partial charge < -0.3 is 18.9 Å². The molecule has 5 rings (SSSR count). The van der Waals surface area contributed by atoms with Crippen molar-refractivity contribution in [1.29, 1.82) is 0 Å². The van der Waals surface area contributed by atoms with Crippen LogP contribution >= 0.6 is 0 Å². The quantitative estimate of drug-likeness (QED) is 0.284. The molecule has 1 saturated heterocycles. The standard InChI is InChI=1S/C33H41N5O3/c1-23-19-25(11-12-29(23)38-18-13-35(6)32(38)39)28-20-24(2)34-30(31(28)41-22-40-7)26-9-8-10-27(21-26)36-14-16-37(17-15-36)33(3,4)5/h8-13,18-21H,14-17,22H2,1-7H3. The van der Waals surface area contributed by atoms with Gasteiger partial charge in [-0.3, -0.25) is 9.47 Å². The molecule has 1 fully saturated rings. The highest BCUT2D eigenvalue weighted by molar-refractivity contribution is 5.82. The fraction of sp³-hybridized carbons (Fsp3) is 0.394. The SMILES string of the molecule is COCOc1c(-c2ccc(-n3ccn(C)c3=O)c(C)c2)cc(C)nc1-c1cccc(N2CCN(C(C)(C)C)CC2)c1. The number of aromatic nitrogens is 3. The third kappa shape index (κ3) is 5.94. The van der Waals surface area contributed by atoms with Crippen LogP contribution in [0.4, 0.5) is 5.69 Å². The number of piperazine rings is 1. The van der Waals surface area contributed by atoms with E-state index in [9.17, 15) is 4.79 Å². The fourth-order valence-electron chi connectivity index (χ4n) is 5.56. The lowest BCUT2D eigenvalue weighted by molar-refractivity contribution is 0.0517. The van der Waals surface area contributed by atoms with Crippen LogP contribution in [0.5, 0.6) is 5.75 Å². The van der Waals surface area contributed by atoms with Gasteiger partial charge in [-0.1, -0.05) is 18.2 Å². The molecule has 0 saturated carbocycles. The Bertz CT molecular complexity index is 1590. The van der Waals surface area contributed by atoms with Crippen LogP contribution in [0, 0.1) is 13.8 Å². The maximum absolute atomic E-state index is 12.6. The average Bonchev–Trinajstić information content (AvgIpc) is 3.29. The minimum absolute atomic E-state index is 0.0771. The summed E-state index contributed by atoms with van der Waals surface area (Å²) in [6, 6.07) is 16.7. The highest BCUT2D eigenvalue weighted by Gasteiger charge is 2.26. The Hall–Kier alpha value is -3.88. The van der Waals surface area contributed by atoms with Crippen LogP contribution in [0.3, 0.4) is 0 Å². The van der Waals surface area contributed by atoms with Gasteiger partial charge in [0, 0.05) is 80.8 Å². The number of aryl methyl sites for hydroxylation is 3. The number of rotatable bonds is 7. The lowest BCUT2D eigenvalue weighted by Crippen LogP contribution is -2.53. The predicted octanol–water partition coefficient (Wildman–Crippen LogP) is 5.43. The van der Waals surface area contributed by atoms with E-state index in [0.717, 1.165) is 65.5 Å². The lowest BCUT2D eigenvalue weighted by Gasteiger charge is -2.43. The van der Waals surface area contributed by atoms with E-state index >= 15 is 0 Å². The van der Waals surface area contributed by atoms with Gasteiger partial charge >= 0.3 is 5.69 Å². The molecule has 0 aliphatic carbocycles. The van der Waals surface area contributed by atoms with Crippen LogP contribution in [0.1, 0.15) is 32.0 Å². The first kappa shape index (κ1) is 28.6. The third-order valence-electron chi connectivity index (χ3n) is 7.85. The van der Waals surface area contributed by atoms with Gasteiger partial charge in [-0.15, -0.1) is 0 Å². The van der Waals surface area contributed by atoms with Crippen LogP contribution in [0.25, 0.3) is 28.1 Å². The number of benzene rings is 2. The zero-order valence-corrected chi connectivity index (χ0v) is 25.3. The van der Waals surface area contributed by atoms with E-state index < -0.39 is 0 Å². The Kier molecular flexibility index (Phi) is 8.07. The molecule has 8 heteroatoms. The first-order valence-electron chi connectivity index (χ1n) is 14.2. The van der Waals surface area contributed by atoms with E-state index in [1.54, 1.807) is 35.7 Å². The second kappa shape index (κ2) is 11.5. The Labute approximate surface area is 242 Å². The van der Waals surface area contributed by atoms with Crippen LogP contribution in [-0.4, -0.2) is 64.6 Å². The number of ether oxygens (including phenoxy) is 2. The van der Waals surface area contributed by atoms with Gasteiger partial charge in [-0.25, -0.2) is 9.78 Å². The molecular formula is C33H41N5O3. The lowest BCUT2D eigenvalue weighted by atomic mass is 9.98. The Morgan fingerprint density at radius 1 is 0.927 bits per heavy atom. The van der Waals surface area contributed by atoms with Crippen molar-refractivity contribution in [2.24, 2.45) is 7.05 Å². The number of anilines is 1. The van der Waals surface area contributed by atoms with Crippen molar-refractivity contribution < 1.29 is 9.47 Å². The molecule has 41 heavy (non-hydrogen) atoms. The summed E-state index contributed by atoms with van der Waals surface area (Å²) in [6.07, 6.45) is 3.56. The number of nitrogens with zero attached hydrogens (tertiary/aromatic N) is 5. The van der Waals surface area contributed by atoms with Crippen LogP contribution < -0.4 is 15.3 Å². The van der Waals surface area contributed by atoms with Gasteiger partial charge in [0.2, 0.25) is 0 Å². The molecule has 0 unspecified atom stereocenters. The first-order chi connectivity index (χ1) is 19.6. The zero-order chi connectivity index (χ0) is 29.3. The van der Waals surface area contributed by atoms with E-state index in [4.69, 9.17) is 14.5 Å². The van der Waals surface area contributed by atoms with Gasteiger partial charge in [0.05, 0.1) is 5.69 Å². The molecule has 3 heterocycles. The van der Waals surface area contributed by atoms with Crippen molar-refractivity contribution >= 4 is 5.69 Å². The monoisotopic (exact) mass is 555 g/mol. The van der Waals surface area contributed by atoms with E-state index in [1.165, 1.54) is 5.69 Å². The molecule has 0 bridgehead atoms. The van der Waals surface area contributed by atoms with E-state index in [-0.39, 0.29) is 18.0 Å². The molecule has 0 spiro atoms. The molecule has 2 aromatic carbocycles. The molecular weight excluding hydrogens is 514 g/mol. The van der Waals surface area contributed by atoms with Gasteiger partial charge in [0.1, 0.15) is 5.69 Å². The average molecular weight is 556 g/mol. The molecule has 4 aromatic rings. The van der Waals surface area contributed by atoms with Crippen molar-refractivity contribution in [3.05, 3.63) is 82.7 Å². The number of pyridine rings is 1. The summed E-state index contributed by atoms with van der Waals surface area (Å²) >= 11 is 0. The highest BCUT2D eigenvalue weighted by Crippen LogP contribution is 2.40. The summed E-state index contributed by atoms with van der Waals surface area (Å²) in [6.45, 7) is 15.0. The van der Waals surface area contributed by atoms with Gasteiger partial charge in [0.25, 0.3) is 0 Å². The van der Waals surface area contributed by atoms with Crippen molar-refractivity contribution in [2.45, 2.75) is 40.2 Å². The van der Waals surface area contributed by atoms with E-state index in [1.807, 2.05) is 32.0 Å². The second-order valence-corrected chi connectivity index (χ2v) is 11.8. The topological polar surface area (TPSA) is 64.8 Å². The van der Waals surface area contributed by atoms with E-state index in [0.29, 0.717) is 5.75 Å². The highest BCUT2D eigenvalue weighted by atomic mass is 16.7. The van der Waals surface area contributed by atoms with Crippen LogP contribution in [-0.2, 0) is 11.8 Å². The number of hydrogen-bond acceptors (Lipinski definition) is 6. The second-order valence-electron chi connectivity index (χ2n) is 11.8. The first-order valence-corrected chi connectivity index (χ1v) is 14.2. The molecule has 216 valence electrons. The Morgan fingerprint density at radius 3 is 2.32 bits per heavy atom. The summed E-state index contributed by atoms with van der Waals surface area (Å²) in [4.78, 5) is 22.5. The maximum atomic E-state index is 12.6. The number of hydrogen-bond donors (Lipinski definition) is 0. The minimum Gasteiger partial charge on any atom is -0.465 e. The number of imidazole rings is 1. The normalized spacial score (nSPS) is 14.5. The number of methoxy groups -OCH3 is 1. The molecule has 0 N–H and O–H groups in total. The van der Waals surface area contributed by atoms with Crippen LogP contribution in [0.2, 0.25) is 0 Å². The summed E-state index contributed by atoms with van der Waals surface area (Å²) in [5.41, 5.74) is 7.73. The smallest absolute Gasteiger partial charge is 0.332 e. The predicted molar refractivity (Wildman–Crippen MR) is 165 cm³/mol. The Morgan fingerprint density at radius 2 is 1.68 bits per heavy atom. The molecule has 1 aliphatic heterocycles. The fourth-order valence-corrected chi connectivity index (χ4v) is 5.56. The minimum atomic E-state index is -0.0771. The maximum Gasteiger partial charge on any atom is 0.332 e. The van der Waals surface area contributed by atoms with Gasteiger partial charge in [-0.05, 0) is 76.1 Å².